The van der Waals surface area contributed by atoms with Crippen LogP contribution >= 0.6 is 0 Å². The number of aliphatic hydroxyl groups excluding tert-OH is 1. The minimum absolute atomic E-state index is 0.0765. The van der Waals surface area contributed by atoms with Gasteiger partial charge in [0.25, 0.3) is 5.92 Å². The number of hydrogen-bond acceptors (Lipinski definition) is 3. The van der Waals surface area contributed by atoms with Crippen LogP contribution in [0.4, 0.5) is 13.6 Å². The maximum Gasteiger partial charge on any atom is 0.407 e. The topological polar surface area (TPSA) is 78.6 Å². The molecular formula is C13H17F2N3O3. The molecule has 21 heavy (non-hydrogen) atoms. The fraction of sp³-hybridized carbons (Fsp3) is 0.692. The number of amides is 1. The first-order valence-corrected chi connectivity index (χ1v) is 6.94. The van der Waals surface area contributed by atoms with E-state index in [-0.39, 0.29) is 31.2 Å². The Morgan fingerprint density at radius 1 is 1.48 bits per heavy atom. The lowest BCUT2D eigenvalue weighted by atomic mass is 9.96. The number of aromatic nitrogens is 2. The monoisotopic (exact) mass is 301 g/mol. The average molecular weight is 301 g/mol. The van der Waals surface area contributed by atoms with Crippen LogP contribution < -0.4 is 0 Å². The molecule has 116 valence electrons. The number of fused-ring (bicyclic) bond motifs is 3. The van der Waals surface area contributed by atoms with E-state index < -0.39 is 24.5 Å². The van der Waals surface area contributed by atoms with Crippen molar-refractivity contribution in [1.29, 1.82) is 0 Å². The Hall–Kier alpha value is -1.70. The molecular weight excluding hydrogens is 284 g/mol. The van der Waals surface area contributed by atoms with Crippen molar-refractivity contribution >= 4 is 6.09 Å². The Morgan fingerprint density at radius 2 is 2.19 bits per heavy atom. The van der Waals surface area contributed by atoms with Gasteiger partial charge in [0, 0.05) is 31.0 Å². The number of halogens is 2. The SMILES string of the molecule is CC1Cc2nn3c(c2CN1C(=O)O)C(F)(F)CC(O)CC3. The smallest absolute Gasteiger partial charge is 0.407 e. The molecule has 0 fully saturated rings. The van der Waals surface area contributed by atoms with Crippen LogP contribution in [0.5, 0.6) is 0 Å². The second-order valence-electron chi connectivity index (χ2n) is 5.81. The second kappa shape index (κ2) is 4.66. The molecule has 8 heteroatoms. The number of carboxylic acid groups (broad SMARTS) is 1. The van der Waals surface area contributed by atoms with E-state index in [0.717, 1.165) is 4.90 Å². The molecule has 2 aliphatic rings. The molecule has 0 aromatic carbocycles. The van der Waals surface area contributed by atoms with Crippen molar-refractivity contribution < 1.29 is 23.8 Å². The van der Waals surface area contributed by atoms with E-state index in [1.807, 2.05) is 0 Å². The third-order valence-electron chi connectivity index (χ3n) is 4.24. The summed E-state index contributed by atoms with van der Waals surface area (Å²) in [6, 6.07) is -0.284. The van der Waals surface area contributed by atoms with Gasteiger partial charge in [-0.15, -0.1) is 0 Å². The molecule has 6 nitrogen and oxygen atoms in total. The molecule has 1 amide bonds. The van der Waals surface area contributed by atoms with Crippen LogP contribution in [0.1, 0.15) is 36.7 Å². The largest absolute Gasteiger partial charge is 0.465 e. The predicted octanol–water partition coefficient (Wildman–Crippen LogP) is 1.55. The quantitative estimate of drug-likeness (QED) is 0.762. The molecule has 3 rings (SSSR count). The lowest BCUT2D eigenvalue weighted by Gasteiger charge is -2.31. The maximum atomic E-state index is 14.4. The fourth-order valence-corrected chi connectivity index (χ4v) is 3.19. The Balaban J connectivity index is 2.07. The van der Waals surface area contributed by atoms with Crippen LogP contribution in [-0.2, 0) is 25.4 Å². The van der Waals surface area contributed by atoms with E-state index >= 15 is 0 Å². The van der Waals surface area contributed by atoms with Gasteiger partial charge in [0.05, 0.1) is 18.3 Å². The van der Waals surface area contributed by atoms with Gasteiger partial charge in [-0.3, -0.25) is 4.68 Å². The summed E-state index contributed by atoms with van der Waals surface area (Å²) in [7, 11) is 0. The van der Waals surface area contributed by atoms with Crippen molar-refractivity contribution in [2.45, 2.75) is 57.3 Å². The number of carbonyl (C=O) groups is 1. The fourth-order valence-electron chi connectivity index (χ4n) is 3.19. The Morgan fingerprint density at radius 3 is 2.86 bits per heavy atom. The molecule has 3 heterocycles. The van der Waals surface area contributed by atoms with Crippen molar-refractivity contribution in [3.63, 3.8) is 0 Å². The lowest BCUT2D eigenvalue weighted by Crippen LogP contribution is -2.42. The molecule has 0 bridgehead atoms. The van der Waals surface area contributed by atoms with Gasteiger partial charge in [0.15, 0.2) is 0 Å². The molecule has 0 saturated carbocycles. The van der Waals surface area contributed by atoms with Crippen LogP contribution in [0, 0.1) is 0 Å². The summed E-state index contributed by atoms with van der Waals surface area (Å²) in [5, 5.41) is 23.0. The molecule has 2 aliphatic heterocycles. The molecule has 0 saturated heterocycles. The average Bonchev–Trinajstić information content (AvgIpc) is 2.67. The van der Waals surface area contributed by atoms with Crippen molar-refractivity contribution in [3.8, 4) is 0 Å². The van der Waals surface area contributed by atoms with Gasteiger partial charge >= 0.3 is 6.09 Å². The minimum Gasteiger partial charge on any atom is -0.465 e. The Kier molecular flexibility index (Phi) is 3.16. The second-order valence-corrected chi connectivity index (χ2v) is 5.81. The summed E-state index contributed by atoms with van der Waals surface area (Å²) < 4.78 is 30.0. The molecule has 1 aromatic heterocycles. The summed E-state index contributed by atoms with van der Waals surface area (Å²) >= 11 is 0. The zero-order chi connectivity index (χ0) is 15.4. The van der Waals surface area contributed by atoms with Crippen LogP contribution in [0.3, 0.4) is 0 Å². The molecule has 2 unspecified atom stereocenters. The minimum atomic E-state index is -3.19. The molecule has 0 spiro atoms. The third-order valence-corrected chi connectivity index (χ3v) is 4.24. The zero-order valence-electron chi connectivity index (χ0n) is 11.6. The highest BCUT2D eigenvalue weighted by molar-refractivity contribution is 5.66. The first-order valence-electron chi connectivity index (χ1n) is 6.94. The summed E-state index contributed by atoms with van der Waals surface area (Å²) in [6.07, 6.45) is -2.28. The first kappa shape index (κ1) is 14.2. The van der Waals surface area contributed by atoms with Crippen molar-refractivity contribution in [2.75, 3.05) is 0 Å². The van der Waals surface area contributed by atoms with E-state index in [4.69, 9.17) is 0 Å². The van der Waals surface area contributed by atoms with Gasteiger partial charge < -0.3 is 15.1 Å². The van der Waals surface area contributed by atoms with Gasteiger partial charge in [-0.1, -0.05) is 0 Å². The first-order chi connectivity index (χ1) is 9.79. The maximum absolute atomic E-state index is 14.4. The molecule has 0 aliphatic carbocycles. The van der Waals surface area contributed by atoms with Crippen molar-refractivity contribution in [1.82, 2.24) is 14.7 Å². The summed E-state index contributed by atoms with van der Waals surface area (Å²) in [6.45, 7) is 1.89. The normalized spacial score (nSPS) is 27.7. The van der Waals surface area contributed by atoms with E-state index in [1.165, 1.54) is 4.68 Å². The van der Waals surface area contributed by atoms with Crippen LogP contribution in [0.25, 0.3) is 0 Å². The number of aryl methyl sites for hydroxylation is 1. The van der Waals surface area contributed by atoms with Crippen LogP contribution in [-0.4, -0.2) is 43.1 Å². The number of alkyl halides is 2. The number of nitrogens with zero attached hydrogens (tertiary/aromatic N) is 3. The summed E-state index contributed by atoms with van der Waals surface area (Å²) in [4.78, 5) is 12.4. The van der Waals surface area contributed by atoms with Gasteiger partial charge in [0.1, 0.15) is 5.69 Å². The van der Waals surface area contributed by atoms with E-state index in [2.05, 4.69) is 5.10 Å². The van der Waals surface area contributed by atoms with Crippen molar-refractivity contribution in [2.24, 2.45) is 0 Å². The van der Waals surface area contributed by atoms with Crippen molar-refractivity contribution in [3.05, 3.63) is 17.0 Å². The standard InChI is InChI=1S/C13H17F2N3O3/c1-7-4-10-9(6-17(7)12(20)21)11-13(14,15)5-8(19)2-3-18(11)16-10/h7-8,19H,2-6H2,1H3,(H,20,21). The number of hydrogen-bond donors (Lipinski definition) is 2. The van der Waals surface area contributed by atoms with Gasteiger partial charge in [0.2, 0.25) is 0 Å². The van der Waals surface area contributed by atoms with Gasteiger partial charge in [-0.05, 0) is 13.3 Å². The molecule has 1 aromatic rings. The third kappa shape index (κ3) is 2.27. The highest BCUT2D eigenvalue weighted by atomic mass is 19.3. The zero-order valence-corrected chi connectivity index (χ0v) is 11.6. The predicted molar refractivity (Wildman–Crippen MR) is 68.1 cm³/mol. The van der Waals surface area contributed by atoms with E-state index in [1.54, 1.807) is 6.92 Å². The Bertz CT molecular complexity index is 587. The summed E-state index contributed by atoms with van der Waals surface area (Å²) in [5.74, 6) is -3.19. The van der Waals surface area contributed by atoms with Crippen LogP contribution in [0.15, 0.2) is 0 Å². The lowest BCUT2D eigenvalue weighted by molar-refractivity contribution is -0.0510. The highest BCUT2D eigenvalue weighted by Gasteiger charge is 2.45. The molecule has 2 N–H and O–H groups in total. The van der Waals surface area contributed by atoms with Gasteiger partial charge in [-0.2, -0.15) is 13.9 Å². The van der Waals surface area contributed by atoms with E-state index in [9.17, 15) is 23.8 Å². The molecule has 2 atom stereocenters. The highest BCUT2D eigenvalue weighted by Crippen LogP contribution is 2.41. The Labute approximate surface area is 120 Å². The van der Waals surface area contributed by atoms with Crippen LogP contribution in [0.2, 0.25) is 0 Å². The number of aliphatic hydroxyl groups is 1. The summed E-state index contributed by atoms with van der Waals surface area (Å²) in [5.41, 5.74) is 0.618. The van der Waals surface area contributed by atoms with Gasteiger partial charge in [-0.25, -0.2) is 4.79 Å². The number of rotatable bonds is 0. The molecule has 0 radical (unpaired) electrons. The van der Waals surface area contributed by atoms with E-state index in [0.29, 0.717) is 17.7 Å².